The van der Waals surface area contributed by atoms with Crippen LogP contribution in [0, 0.1) is 17.7 Å². The van der Waals surface area contributed by atoms with Crippen LogP contribution in [0.25, 0.3) is 11.0 Å². The molecule has 5 rings (SSSR count). The fraction of sp³-hybridized carbons (Fsp3) is 0.407. The van der Waals surface area contributed by atoms with E-state index in [1.165, 1.54) is 6.08 Å². The van der Waals surface area contributed by atoms with Gasteiger partial charge in [-0.1, -0.05) is 24.1 Å². The lowest BCUT2D eigenvalue weighted by Crippen LogP contribution is -2.35. The maximum Gasteiger partial charge on any atom is 0.255 e. The number of primary amides is 1. The van der Waals surface area contributed by atoms with Crippen molar-refractivity contribution in [3.8, 4) is 11.8 Å². The molecule has 3 heterocycles. The lowest BCUT2D eigenvalue weighted by atomic mass is 10.1. The van der Waals surface area contributed by atoms with Crippen LogP contribution in [0.1, 0.15) is 59.4 Å². The van der Waals surface area contributed by atoms with Crippen molar-refractivity contribution in [1.82, 2.24) is 24.2 Å². The van der Waals surface area contributed by atoms with Crippen LogP contribution in [0.5, 0.6) is 0 Å². The van der Waals surface area contributed by atoms with E-state index >= 15 is 4.39 Å². The van der Waals surface area contributed by atoms with Gasteiger partial charge in [0.25, 0.3) is 5.91 Å². The van der Waals surface area contributed by atoms with Crippen LogP contribution < -0.4 is 11.1 Å². The van der Waals surface area contributed by atoms with Crippen molar-refractivity contribution in [2.24, 2.45) is 5.73 Å². The van der Waals surface area contributed by atoms with E-state index in [-0.39, 0.29) is 45.9 Å². The summed E-state index contributed by atoms with van der Waals surface area (Å²) in [5, 5.41) is 7.49. The molecule has 39 heavy (non-hydrogen) atoms. The highest BCUT2D eigenvalue weighted by atomic mass is 35.5. The molecule has 1 saturated heterocycles. The number of hydrogen-bond acceptors (Lipinski definition) is 6. The number of carbonyl (C=O) groups is 2. The Hall–Kier alpha value is -3.88. The van der Waals surface area contributed by atoms with Gasteiger partial charge in [0.05, 0.1) is 22.9 Å². The molecular weight excluding hydrogens is 525 g/mol. The second-order valence-corrected chi connectivity index (χ2v) is 10.1. The first kappa shape index (κ1) is 26.7. The Bertz CT molecular complexity index is 1530. The molecule has 0 bridgehead atoms. The van der Waals surface area contributed by atoms with Gasteiger partial charge in [0.1, 0.15) is 16.9 Å². The number of amides is 2. The second-order valence-electron chi connectivity index (χ2n) is 9.70. The van der Waals surface area contributed by atoms with Gasteiger partial charge in [0.15, 0.2) is 11.5 Å². The molecule has 1 saturated carbocycles. The lowest BCUT2D eigenvalue weighted by Gasteiger charge is -2.22. The van der Waals surface area contributed by atoms with E-state index in [1.807, 2.05) is 4.57 Å². The van der Waals surface area contributed by atoms with Crippen molar-refractivity contribution in [2.45, 2.75) is 43.8 Å². The maximum absolute atomic E-state index is 15.2. The Kier molecular flexibility index (Phi) is 7.34. The Morgan fingerprint density at radius 3 is 2.77 bits per heavy atom. The summed E-state index contributed by atoms with van der Waals surface area (Å²) in [5.74, 6) is 4.61. The fourth-order valence-electron chi connectivity index (χ4n) is 5.22. The number of nitrogens with zero attached hydrogens (tertiary/aromatic N) is 5. The Labute approximate surface area is 229 Å². The molecule has 1 aromatic carbocycles. The summed E-state index contributed by atoms with van der Waals surface area (Å²) < 4.78 is 23.9. The van der Waals surface area contributed by atoms with Gasteiger partial charge in [-0.3, -0.25) is 9.59 Å². The molecule has 2 amide bonds. The molecule has 2 fully saturated rings. The predicted molar refractivity (Wildman–Crippen MR) is 145 cm³/mol. The van der Waals surface area contributed by atoms with Gasteiger partial charge >= 0.3 is 0 Å². The Morgan fingerprint density at radius 2 is 2.13 bits per heavy atom. The van der Waals surface area contributed by atoms with Crippen LogP contribution in [-0.2, 0) is 9.53 Å². The number of benzene rings is 1. The summed E-state index contributed by atoms with van der Waals surface area (Å²) in [6, 6.07) is 1.52. The van der Waals surface area contributed by atoms with E-state index in [0.717, 1.165) is 12.8 Å². The Morgan fingerprint density at radius 1 is 1.36 bits per heavy atom. The number of imidazole rings is 1. The molecular formula is C27H29ClFN7O3. The molecule has 12 heteroatoms. The maximum atomic E-state index is 15.2. The quantitative estimate of drug-likeness (QED) is 0.326. The summed E-state index contributed by atoms with van der Waals surface area (Å²) in [4.78, 5) is 31.1. The molecule has 204 valence electrons. The predicted octanol–water partition coefficient (Wildman–Crippen LogP) is 3.27. The zero-order chi connectivity index (χ0) is 27.8. The van der Waals surface area contributed by atoms with E-state index in [0.29, 0.717) is 42.8 Å². The van der Waals surface area contributed by atoms with Crippen LogP contribution in [0.2, 0.25) is 5.02 Å². The van der Waals surface area contributed by atoms with Crippen molar-refractivity contribution >= 4 is 40.3 Å². The summed E-state index contributed by atoms with van der Waals surface area (Å²) in [6.45, 7) is 4.46. The third-order valence-electron chi connectivity index (χ3n) is 7.24. The van der Waals surface area contributed by atoms with Crippen LogP contribution in [0.15, 0.2) is 25.0 Å². The van der Waals surface area contributed by atoms with E-state index in [1.54, 1.807) is 36.1 Å². The molecule has 0 spiro atoms. The first-order valence-corrected chi connectivity index (χ1v) is 13.0. The Balaban J connectivity index is 1.53. The number of ether oxygens (including phenoxy) is 1. The van der Waals surface area contributed by atoms with Crippen molar-refractivity contribution in [3.05, 3.63) is 52.7 Å². The van der Waals surface area contributed by atoms with E-state index in [2.05, 4.69) is 33.8 Å². The summed E-state index contributed by atoms with van der Waals surface area (Å²) in [7, 11) is 3.26. The molecule has 2 aliphatic rings. The molecule has 0 unspecified atom stereocenters. The molecule has 3 aromatic rings. The van der Waals surface area contributed by atoms with Crippen LogP contribution in [0.4, 0.5) is 10.2 Å². The van der Waals surface area contributed by atoms with Crippen molar-refractivity contribution in [2.75, 3.05) is 32.6 Å². The zero-order valence-corrected chi connectivity index (χ0v) is 22.5. The number of methoxy groups -OCH3 is 1. The number of aromatic nitrogens is 4. The average molecular weight is 554 g/mol. The number of carbonyl (C=O) groups excluding carboxylic acids is 2. The first-order chi connectivity index (χ1) is 18.8. The number of hydrogen-bond donors (Lipinski definition) is 2. The van der Waals surface area contributed by atoms with Gasteiger partial charge in [-0.2, -0.15) is 5.10 Å². The van der Waals surface area contributed by atoms with Crippen molar-refractivity contribution < 1.29 is 18.7 Å². The second kappa shape index (κ2) is 10.7. The van der Waals surface area contributed by atoms with Gasteiger partial charge in [0.2, 0.25) is 5.91 Å². The average Bonchev–Trinajstić information content (AvgIpc) is 3.37. The van der Waals surface area contributed by atoms with E-state index in [4.69, 9.17) is 22.1 Å². The highest BCUT2D eigenvalue weighted by Gasteiger charge is 2.37. The molecule has 0 radical (unpaired) electrons. The lowest BCUT2D eigenvalue weighted by molar-refractivity contribution is -0.127. The minimum absolute atomic E-state index is 0.0927. The topological polar surface area (TPSA) is 120 Å². The minimum Gasteiger partial charge on any atom is -0.385 e. The molecule has 2 aromatic heterocycles. The van der Waals surface area contributed by atoms with Gasteiger partial charge < -0.3 is 25.3 Å². The van der Waals surface area contributed by atoms with Crippen LogP contribution in [0.3, 0.4) is 0 Å². The molecule has 3 N–H and O–H groups in total. The van der Waals surface area contributed by atoms with Gasteiger partial charge in [0, 0.05) is 45.0 Å². The number of rotatable bonds is 8. The number of nitrogens with one attached hydrogen (secondary N) is 1. The van der Waals surface area contributed by atoms with E-state index < -0.39 is 11.7 Å². The molecule has 2 atom stereocenters. The van der Waals surface area contributed by atoms with Gasteiger partial charge in [-0.25, -0.2) is 14.1 Å². The van der Waals surface area contributed by atoms with Gasteiger partial charge in [-0.15, -0.1) is 0 Å². The van der Waals surface area contributed by atoms with E-state index in [9.17, 15) is 9.59 Å². The molecule has 1 aliphatic heterocycles. The standard InChI is InChI=1S/C27H29ClFN7O3/c1-4-21(37)34-13-18(12-17(34)9-10-39-3)36-27(31-2)22(26(30)38)19(33-36)8-5-15-11-20-25(24(29)23(15)28)35(14-32-20)16-6-7-16/h4,11,14,16-18,31H,1,6-7,9-10,12-13H2,2-3H3,(H2,30,38)/t17-,18-/m0/s1. The monoisotopic (exact) mass is 553 g/mol. The van der Waals surface area contributed by atoms with Crippen molar-refractivity contribution in [3.63, 3.8) is 0 Å². The summed E-state index contributed by atoms with van der Waals surface area (Å²) in [5.41, 5.74) is 6.98. The number of anilines is 1. The smallest absolute Gasteiger partial charge is 0.255 e. The summed E-state index contributed by atoms with van der Waals surface area (Å²) >= 11 is 6.38. The zero-order valence-electron chi connectivity index (χ0n) is 21.7. The largest absolute Gasteiger partial charge is 0.385 e. The molecule has 10 nitrogen and oxygen atoms in total. The highest BCUT2D eigenvalue weighted by Crippen LogP contribution is 2.39. The normalized spacial score (nSPS) is 18.7. The minimum atomic E-state index is -0.723. The SMILES string of the molecule is C=CC(=O)N1C[C@@H](n2nc(C#Cc3cc4ncn(C5CC5)c4c(F)c3Cl)c(C(N)=O)c2NC)C[C@@H]1CCOC. The highest BCUT2D eigenvalue weighted by molar-refractivity contribution is 6.32. The number of fused-ring (bicyclic) bond motifs is 1. The first-order valence-electron chi connectivity index (χ1n) is 12.7. The number of halogens is 2. The third-order valence-corrected chi connectivity index (χ3v) is 7.61. The number of likely N-dealkylation sites (tertiary alicyclic amines) is 1. The summed E-state index contributed by atoms with van der Waals surface area (Å²) in [6.07, 6.45) is 6.08. The molecule has 1 aliphatic carbocycles. The van der Waals surface area contributed by atoms with Crippen LogP contribution >= 0.6 is 11.6 Å². The fourth-order valence-corrected chi connectivity index (χ4v) is 5.41. The van der Waals surface area contributed by atoms with Gasteiger partial charge in [-0.05, 0) is 43.7 Å². The van der Waals surface area contributed by atoms with Crippen LogP contribution in [-0.4, -0.2) is 69.4 Å². The number of nitrogens with two attached hydrogens (primary N) is 1. The third kappa shape index (κ3) is 4.86. The van der Waals surface area contributed by atoms with Crippen molar-refractivity contribution in [1.29, 1.82) is 0 Å².